The molecule has 0 saturated carbocycles. The van der Waals surface area contributed by atoms with Gasteiger partial charge in [-0.25, -0.2) is 4.79 Å². The van der Waals surface area contributed by atoms with Gasteiger partial charge in [0.05, 0.1) is 5.03 Å². The molecule has 0 amide bonds. The van der Waals surface area contributed by atoms with Crippen molar-refractivity contribution in [3.63, 3.8) is 0 Å². The molecule has 11 heteroatoms. The third kappa shape index (κ3) is 7.00. The summed E-state index contributed by atoms with van der Waals surface area (Å²) in [7, 11) is 0. The Labute approximate surface area is 227 Å². The number of carbonyl (C=O) groups is 4. The number of hydrogen-bond donors (Lipinski definition) is 3. The van der Waals surface area contributed by atoms with Gasteiger partial charge in [0, 0.05) is 36.5 Å². The van der Waals surface area contributed by atoms with Crippen molar-refractivity contribution in [2.45, 2.75) is 65.5 Å². The van der Waals surface area contributed by atoms with Crippen LogP contribution in [0, 0.1) is 5.92 Å². The Hall–Kier alpha value is -3.66. The summed E-state index contributed by atoms with van der Waals surface area (Å²) < 4.78 is 5.11. The van der Waals surface area contributed by atoms with E-state index >= 15 is 0 Å². The highest BCUT2D eigenvalue weighted by Crippen LogP contribution is 2.40. The highest BCUT2D eigenvalue weighted by molar-refractivity contribution is 6.49. The second-order valence-electron chi connectivity index (χ2n) is 9.46. The van der Waals surface area contributed by atoms with E-state index in [-0.39, 0.29) is 35.1 Å². The summed E-state index contributed by atoms with van der Waals surface area (Å²) >= 11 is 6.40. The summed E-state index contributed by atoms with van der Waals surface area (Å²) in [6.45, 7) is 8.55. The number of aliphatic imine (C=N–C) groups is 1. The Morgan fingerprint density at radius 3 is 2.47 bits per heavy atom. The average Bonchev–Trinajstić information content (AvgIpc) is 2.84. The molecule has 10 nitrogen and oxygen atoms in total. The number of carboxylic acid groups (broad SMARTS) is 1. The molecule has 0 spiro atoms. The molecule has 0 saturated heterocycles. The molecule has 1 heterocycles. The number of allylic oxidation sites excluding steroid dienone is 6. The zero-order valence-electron chi connectivity index (χ0n) is 22.3. The van der Waals surface area contributed by atoms with Gasteiger partial charge >= 0.3 is 11.9 Å². The van der Waals surface area contributed by atoms with Crippen LogP contribution >= 0.6 is 11.6 Å². The van der Waals surface area contributed by atoms with Gasteiger partial charge in [-0.2, -0.15) is 0 Å². The van der Waals surface area contributed by atoms with Gasteiger partial charge in [-0.15, -0.1) is 0 Å². The number of ether oxygens (including phenoxy) is 1. The van der Waals surface area contributed by atoms with Crippen LogP contribution in [0.4, 0.5) is 0 Å². The molecule has 0 bridgehead atoms. The number of Topliss-reactive ketones (excluding diaryl/α,β-unsaturated/α-hetero) is 2. The fourth-order valence-electron chi connectivity index (χ4n) is 4.14. The Bertz CT molecular complexity index is 1190. The van der Waals surface area contributed by atoms with E-state index in [1.165, 1.54) is 24.1 Å². The van der Waals surface area contributed by atoms with E-state index < -0.39 is 35.1 Å². The minimum absolute atomic E-state index is 0.0298. The highest BCUT2D eigenvalue weighted by Gasteiger charge is 2.52. The van der Waals surface area contributed by atoms with E-state index in [1.54, 1.807) is 6.08 Å². The molecule has 0 fully saturated rings. The summed E-state index contributed by atoms with van der Waals surface area (Å²) in [5.41, 5.74) is 10.0. The molecule has 0 aromatic heterocycles. The SMILES string of the molecule is CC[C@H](C)/C=C(C)/C=C/C1=CC2=C(Cl)C(=O)[C@](C)(OC(C)=O)C(=O)C2=CN1[C@H](CCCN=C(N)N)C(=O)O. The Balaban J connectivity index is 2.65. The lowest BCUT2D eigenvalue weighted by atomic mass is 9.79. The molecule has 3 atom stereocenters. The van der Waals surface area contributed by atoms with Gasteiger partial charge in [-0.05, 0) is 44.8 Å². The largest absolute Gasteiger partial charge is 0.480 e. The lowest BCUT2D eigenvalue weighted by Gasteiger charge is -2.37. The summed E-state index contributed by atoms with van der Waals surface area (Å²) in [6.07, 6.45) is 9.91. The molecule has 0 radical (unpaired) electrons. The number of halogens is 1. The molecule has 2 aliphatic rings. The highest BCUT2D eigenvalue weighted by atomic mass is 35.5. The number of carbonyl (C=O) groups excluding carboxylic acids is 3. The Kier molecular flexibility index (Phi) is 10.2. The van der Waals surface area contributed by atoms with Crippen molar-refractivity contribution in [1.29, 1.82) is 0 Å². The predicted octanol–water partition coefficient (Wildman–Crippen LogP) is 3.09. The van der Waals surface area contributed by atoms with E-state index in [0.717, 1.165) is 18.9 Å². The van der Waals surface area contributed by atoms with Gasteiger partial charge in [-0.3, -0.25) is 19.4 Å². The van der Waals surface area contributed by atoms with Crippen molar-refractivity contribution in [3.05, 3.63) is 58.0 Å². The quantitative estimate of drug-likeness (QED) is 0.0881. The van der Waals surface area contributed by atoms with Crippen LogP contribution in [-0.4, -0.2) is 57.7 Å². The van der Waals surface area contributed by atoms with Crippen molar-refractivity contribution in [2.24, 2.45) is 22.4 Å². The van der Waals surface area contributed by atoms with E-state index in [2.05, 4.69) is 24.9 Å². The second kappa shape index (κ2) is 12.7. The molecular weight excluding hydrogens is 512 g/mol. The number of rotatable bonds is 11. The zero-order valence-corrected chi connectivity index (χ0v) is 23.0. The molecule has 206 valence electrons. The van der Waals surface area contributed by atoms with Crippen molar-refractivity contribution >= 4 is 41.1 Å². The van der Waals surface area contributed by atoms with Crippen molar-refractivity contribution in [1.82, 2.24) is 4.90 Å². The maximum Gasteiger partial charge on any atom is 0.326 e. The van der Waals surface area contributed by atoms with Crippen LogP contribution in [0.5, 0.6) is 0 Å². The molecule has 1 aliphatic carbocycles. The molecule has 0 aromatic carbocycles. The number of nitrogens with zero attached hydrogens (tertiary/aromatic N) is 2. The first-order chi connectivity index (χ1) is 17.7. The lowest BCUT2D eigenvalue weighted by molar-refractivity contribution is -0.167. The first kappa shape index (κ1) is 30.6. The standard InChI is InChI=1S/C27H35ClN4O6/c1-6-15(2)12-16(3)9-10-18-13-19-20(23(34)27(5,38-17(4)33)24(35)22(19)28)14-32(18)21(25(36)37)8-7-11-31-26(29)30/h9-10,12-15,21H,6-8,11H2,1-5H3,(H,36,37)(H4,29,30,31)/b10-9+,16-12+/t15-,21+,27+/m0/s1. The number of carboxylic acids is 1. The number of ketones is 2. The molecule has 5 N–H and O–H groups in total. The van der Waals surface area contributed by atoms with Crippen LogP contribution in [0.15, 0.2) is 62.9 Å². The number of nitrogens with two attached hydrogens (primary N) is 2. The average molecular weight is 547 g/mol. The van der Waals surface area contributed by atoms with Crippen molar-refractivity contribution in [2.75, 3.05) is 6.54 Å². The summed E-state index contributed by atoms with van der Waals surface area (Å²) in [5.74, 6) is -3.37. The third-order valence-electron chi connectivity index (χ3n) is 6.30. The maximum absolute atomic E-state index is 13.4. The van der Waals surface area contributed by atoms with Gasteiger partial charge in [0.1, 0.15) is 6.04 Å². The Morgan fingerprint density at radius 1 is 1.26 bits per heavy atom. The van der Waals surface area contributed by atoms with E-state index in [1.807, 2.05) is 13.0 Å². The summed E-state index contributed by atoms with van der Waals surface area (Å²) in [5, 5.41) is 9.81. The van der Waals surface area contributed by atoms with Gasteiger partial charge in [0.2, 0.25) is 17.2 Å². The zero-order chi connectivity index (χ0) is 28.8. The van der Waals surface area contributed by atoms with Gasteiger partial charge in [0.25, 0.3) is 0 Å². The van der Waals surface area contributed by atoms with Gasteiger partial charge in [0.15, 0.2) is 5.96 Å². The first-order valence-electron chi connectivity index (χ1n) is 12.3. The number of guanidine groups is 1. The lowest BCUT2D eigenvalue weighted by Crippen LogP contribution is -2.52. The van der Waals surface area contributed by atoms with Crippen LogP contribution in [0.1, 0.15) is 53.9 Å². The molecule has 1 aliphatic heterocycles. The van der Waals surface area contributed by atoms with Crippen LogP contribution in [0.2, 0.25) is 0 Å². The fourth-order valence-corrected chi connectivity index (χ4v) is 4.47. The van der Waals surface area contributed by atoms with E-state index in [4.69, 9.17) is 27.8 Å². The topological polar surface area (TPSA) is 165 Å². The number of aliphatic carboxylic acids is 1. The van der Waals surface area contributed by atoms with E-state index in [0.29, 0.717) is 18.0 Å². The van der Waals surface area contributed by atoms with Crippen molar-refractivity contribution < 1.29 is 29.0 Å². The Morgan fingerprint density at radius 2 is 1.92 bits per heavy atom. The predicted molar refractivity (Wildman–Crippen MR) is 145 cm³/mol. The second-order valence-corrected chi connectivity index (χ2v) is 9.84. The molecule has 0 aromatic rings. The number of esters is 1. The minimum Gasteiger partial charge on any atom is -0.480 e. The first-order valence-corrected chi connectivity index (χ1v) is 12.7. The van der Waals surface area contributed by atoms with Crippen LogP contribution < -0.4 is 11.5 Å². The normalized spacial score (nSPS) is 21.5. The monoisotopic (exact) mass is 546 g/mol. The fraction of sp³-hybridized carbons (Fsp3) is 0.444. The van der Waals surface area contributed by atoms with Crippen LogP contribution in [-0.2, 0) is 23.9 Å². The molecule has 2 rings (SSSR count). The smallest absolute Gasteiger partial charge is 0.326 e. The van der Waals surface area contributed by atoms with Crippen LogP contribution in [0.3, 0.4) is 0 Å². The summed E-state index contributed by atoms with van der Waals surface area (Å²) in [6, 6.07) is -1.10. The molecule has 38 heavy (non-hydrogen) atoms. The molecular formula is C27H35ClN4O6. The molecule has 0 unspecified atom stereocenters. The minimum atomic E-state index is -2.16. The van der Waals surface area contributed by atoms with Crippen LogP contribution in [0.25, 0.3) is 0 Å². The van der Waals surface area contributed by atoms with E-state index in [9.17, 15) is 24.3 Å². The number of fused-ring (bicyclic) bond motifs is 1. The maximum atomic E-state index is 13.4. The van der Waals surface area contributed by atoms with Gasteiger partial charge in [-0.1, -0.05) is 49.6 Å². The number of hydrogen-bond acceptors (Lipinski definition) is 7. The summed E-state index contributed by atoms with van der Waals surface area (Å²) in [4.78, 5) is 55.8. The third-order valence-corrected chi connectivity index (χ3v) is 6.68. The van der Waals surface area contributed by atoms with Gasteiger partial charge < -0.3 is 26.2 Å². The van der Waals surface area contributed by atoms with Crippen molar-refractivity contribution in [3.8, 4) is 0 Å².